The molecule has 0 bridgehead atoms. The number of hydrogen-bond acceptors (Lipinski definition) is 3. The van der Waals surface area contributed by atoms with E-state index in [2.05, 4.69) is 10.6 Å². The zero-order chi connectivity index (χ0) is 21.2. The summed E-state index contributed by atoms with van der Waals surface area (Å²) in [5.74, 6) is -0.0543. The molecule has 0 aromatic heterocycles. The summed E-state index contributed by atoms with van der Waals surface area (Å²) in [7, 11) is 0. The van der Waals surface area contributed by atoms with E-state index >= 15 is 0 Å². The van der Waals surface area contributed by atoms with Crippen LogP contribution < -0.4 is 10.6 Å². The van der Waals surface area contributed by atoms with Crippen molar-refractivity contribution in [1.82, 2.24) is 5.32 Å². The minimum absolute atomic E-state index is 0.137. The Bertz CT molecular complexity index is 928. The van der Waals surface area contributed by atoms with Gasteiger partial charge in [-0.1, -0.05) is 26.0 Å². The number of carbonyl (C=O) groups is 2. The van der Waals surface area contributed by atoms with Crippen molar-refractivity contribution in [3.8, 4) is 0 Å². The van der Waals surface area contributed by atoms with Gasteiger partial charge in [-0.05, 0) is 48.2 Å². The number of alkyl halides is 3. The number of thioether (sulfide) groups is 1. The number of nitrogens with one attached hydrogen (secondary N) is 2. The first kappa shape index (κ1) is 21.2. The van der Waals surface area contributed by atoms with Gasteiger partial charge in [0.2, 0.25) is 5.91 Å². The number of anilines is 1. The molecule has 0 aliphatic carbocycles. The number of amides is 2. The quantitative estimate of drug-likeness (QED) is 0.690. The van der Waals surface area contributed by atoms with E-state index in [1.807, 2.05) is 13.8 Å². The third kappa shape index (κ3) is 5.32. The second-order valence-electron chi connectivity index (χ2n) is 7.33. The summed E-state index contributed by atoms with van der Waals surface area (Å²) < 4.78 is 39.3. The van der Waals surface area contributed by atoms with E-state index in [9.17, 15) is 22.8 Å². The van der Waals surface area contributed by atoms with Crippen molar-refractivity contribution in [1.29, 1.82) is 0 Å². The normalized spacial score (nSPS) is 14.9. The Morgan fingerprint density at radius 1 is 1.21 bits per heavy atom. The Labute approximate surface area is 171 Å². The van der Waals surface area contributed by atoms with Gasteiger partial charge in [-0.15, -0.1) is 11.8 Å². The minimum atomic E-state index is -4.45. The van der Waals surface area contributed by atoms with Gasteiger partial charge in [-0.3, -0.25) is 9.59 Å². The minimum Gasteiger partial charge on any atom is -0.345 e. The van der Waals surface area contributed by atoms with Crippen molar-refractivity contribution in [3.05, 3.63) is 59.2 Å². The molecular weight excluding hydrogens is 401 g/mol. The van der Waals surface area contributed by atoms with Crippen molar-refractivity contribution in [2.45, 2.75) is 37.4 Å². The average Bonchev–Trinajstić information content (AvgIpc) is 2.66. The van der Waals surface area contributed by atoms with E-state index in [4.69, 9.17) is 0 Å². The summed E-state index contributed by atoms with van der Waals surface area (Å²) in [5.41, 5.74) is 0.570. The Balaban J connectivity index is 1.85. The van der Waals surface area contributed by atoms with Gasteiger partial charge in [-0.2, -0.15) is 13.2 Å². The fourth-order valence-electron chi connectivity index (χ4n) is 3.15. The first-order valence-electron chi connectivity index (χ1n) is 9.18. The lowest BCUT2D eigenvalue weighted by Crippen LogP contribution is -2.30. The maximum absolute atomic E-state index is 13.1. The van der Waals surface area contributed by atoms with E-state index in [0.29, 0.717) is 29.0 Å². The van der Waals surface area contributed by atoms with Crippen LogP contribution in [0.25, 0.3) is 0 Å². The van der Waals surface area contributed by atoms with Crippen LogP contribution >= 0.6 is 11.8 Å². The second-order valence-corrected chi connectivity index (χ2v) is 8.34. The zero-order valence-corrected chi connectivity index (χ0v) is 16.8. The van der Waals surface area contributed by atoms with Crippen LogP contribution in [-0.2, 0) is 11.0 Å². The molecule has 0 fully saturated rings. The highest BCUT2D eigenvalue weighted by Crippen LogP contribution is 2.33. The van der Waals surface area contributed by atoms with E-state index in [1.165, 1.54) is 17.8 Å². The Hall–Kier alpha value is -2.48. The van der Waals surface area contributed by atoms with Gasteiger partial charge in [0.25, 0.3) is 5.91 Å². The van der Waals surface area contributed by atoms with Gasteiger partial charge in [0.05, 0.1) is 23.0 Å². The number of halogens is 3. The van der Waals surface area contributed by atoms with Crippen molar-refractivity contribution >= 4 is 29.3 Å². The second kappa shape index (κ2) is 8.49. The number of carbonyl (C=O) groups excluding carboxylic acids is 2. The number of benzene rings is 2. The van der Waals surface area contributed by atoms with E-state index < -0.39 is 23.7 Å². The summed E-state index contributed by atoms with van der Waals surface area (Å²) in [5, 5.41) is 5.58. The molecule has 2 amide bonds. The molecule has 4 nitrogen and oxygen atoms in total. The molecule has 2 aromatic rings. The number of fused-ring (bicyclic) bond motifs is 1. The molecule has 0 radical (unpaired) electrons. The molecule has 29 heavy (non-hydrogen) atoms. The van der Waals surface area contributed by atoms with Crippen LogP contribution in [0.15, 0.2) is 47.4 Å². The highest BCUT2D eigenvalue weighted by atomic mass is 32.2. The summed E-state index contributed by atoms with van der Waals surface area (Å²) in [4.78, 5) is 25.3. The lowest BCUT2D eigenvalue weighted by Gasteiger charge is -2.23. The summed E-state index contributed by atoms with van der Waals surface area (Å²) in [6.45, 7) is 3.89. The van der Waals surface area contributed by atoms with Gasteiger partial charge < -0.3 is 10.6 Å². The highest BCUT2D eigenvalue weighted by Gasteiger charge is 2.31. The van der Waals surface area contributed by atoms with Gasteiger partial charge in [0.1, 0.15) is 0 Å². The van der Waals surface area contributed by atoms with Crippen LogP contribution in [0.3, 0.4) is 0 Å². The predicted octanol–water partition coefficient (Wildman–Crippen LogP) is 5.27. The Kier molecular flexibility index (Phi) is 6.21. The first-order chi connectivity index (χ1) is 13.6. The maximum atomic E-state index is 13.1. The molecule has 8 heteroatoms. The smallest absolute Gasteiger partial charge is 0.345 e. The molecule has 3 rings (SSSR count). The molecule has 1 heterocycles. The predicted molar refractivity (Wildman–Crippen MR) is 107 cm³/mol. The molecule has 1 aliphatic rings. The largest absolute Gasteiger partial charge is 0.416 e. The van der Waals surface area contributed by atoms with Crippen molar-refractivity contribution < 1.29 is 22.8 Å². The fraction of sp³-hybridized carbons (Fsp3) is 0.333. The van der Waals surface area contributed by atoms with Crippen LogP contribution in [-0.4, -0.2) is 17.6 Å². The number of hydrogen-bond donors (Lipinski definition) is 2. The van der Waals surface area contributed by atoms with Crippen molar-refractivity contribution in [3.63, 3.8) is 0 Å². The van der Waals surface area contributed by atoms with Crippen molar-refractivity contribution in [2.75, 3.05) is 11.1 Å². The molecular formula is C21H21F3N2O2S. The summed E-state index contributed by atoms with van der Waals surface area (Å²) in [6, 6.07) is 9.47. The Morgan fingerprint density at radius 3 is 2.66 bits per heavy atom. The highest BCUT2D eigenvalue weighted by molar-refractivity contribution is 8.00. The van der Waals surface area contributed by atoms with Crippen molar-refractivity contribution in [2.24, 2.45) is 5.92 Å². The summed E-state index contributed by atoms with van der Waals surface area (Å²) in [6.07, 6.45) is -3.96. The van der Waals surface area contributed by atoms with E-state index in [0.717, 1.165) is 17.0 Å². The molecule has 1 aliphatic heterocycles. The van der Waals surface area contributed by atoms with Gasteiger partial charge in [0.15, 0.2) is 0 Å². The third-order valence-electron chi connectivity index (χ3n) is 4.50. The zero-order valence-electron chi connectivity index (χ0n) is 16.0. The molecule has 2 aromatic carbocycles. The van der Waals surface area contributed by atoms with Crippen LogP contribution in [0.2, 0.25) is 0 Å². The molecule has 0 saturated carbocycles. The molecule has 154 valence electrons. The standard InChI is InChI=1S/C21H21F3N2O2S/c1-12(2)8-16(13-4-3-5-15(9-13)21(22,23)24)26-20(28)14-6-7-18-17(10-14)25-19(27)11-29-18/h3-7,9-10,12,16H,8,11H2,1-2H3,(H,25,27)(H,26,28). The topological polar surface area (TPSA) is 58.2 Å². The van der Waals surface area contributed by atoms with Crippen LogP contribution in [0.1, 0.15) is 47.8 Å². The maximum Gasteiger partial charge on any atom is 0.416 e. The molecule has 0 spiro atoms. The van der Waals surface area contributed by atoms with Crippen LogP contribution in [0, 0.1) is 5.92 Å². The van der Waals surface area contributed by atoms with Gasteiger partial charge in [-0.25, -0.2) is 0 Å². The van der Waals surface area contributed by atoms with Gasteiger partial charge in [0, 0.05) is 10.5 Å². The fourth-order valence-corrected chi connectivity index (χ4v) is 3.94. The monoisotopic (exact) mass is 422 g/mol. The molecule has 1 atom stereocenters. The molecule has 0 saturated heterocycles. The number of rotatable bonds is 5. The molecule has 2 N–H and O–H groups in total. The van der Waals surface area contributed by atoms with E-state index in [-0.39, 0.29) is 11.8 Å². The van der Waals surface area contributed by atoms with Gasteiger partial charge >= 0.3 is 6.18 Å². The average molecular weight is 422 g/mol. The third-order valence-corrected chi connectivity index (χ3v) is 5.58. The van der Waals surface area contributed by atoms with E-state index in [1.54, 1.807) is 24.3 Å². The summed E-state index contributed by atoms with van der Waals surface area (Å²) >= 11 is 1.39. The van der Waals surface area contributed by atoms with Crippen LogP contribution in [0.5, 0.6) is 0 Å². The lowest BCUT2D eigenvalue weighted by molar-refractivity contribution is -0.137. The molecule has 1 unspecified atom stereocenters. The van der Waals surface area contributed by atoms with Crippen LogP contribution in [0.4, 0.5) is 18.9 Å². The SMILES string of the molecule is CC(C)CC(NC(=O)c1ccc2c(c1)NC(=O)CS2)c1cccc(C(F)(F)F)c1. The lowest BCUT2D eigenvalue weighted by atomic mass is 9.95. The Morgan fingerprint density at radius 2 is 1.97 bits per heavy atom. The first-order valence-corrected chi connectivity index (χ1v) is 10.2.